The van der Waals surface area contributed by atoms with Gasteiger partial charge in [0.1, 0.15) is 10.7 Å². The van der Waals surface area contributed by atoms with E-state index in [1.54, 1.807) is 0 Å². The van der Waals surface area contributed by atoms with Gasteiger partial charge in [0.2, 0.25) is 0 Å². The molecule has 1 heterocycles. The Hall–Kier alpha value is -2.54. The zero-order valence-corrected chi connectivity index (χ0v) is 15.0. The van der Waals surface area contributed by atoms with E-state index in [1.807, 2.05) is 0 Å². The van der Waals surface area contributed by atoms with Crippen molar-refractivity contribution in [1.29, 1.82) is 0 Å². The summed E-state index contributed by atoms with van der Waals surface area (Å²) in [6.45, 7) is 0. The van der Waals surface area contributed by atoms with Crippen molar-refractivity contribution in [3.8, 4) is 0 Å². The van der Waals surface area contributed by atoms with Crippen LogP contribution in [0.1, 0.15) is 10.4 Å². The van der Waals surface area contributed by atoms with Gasteiger partial charge in [0.05, 0.1) is 16.7 Å². The lowest BCUT2D eigenvalue weighted by atomic mass is 10.2. The second-order valence-corrected chi connectivity index (χ2v) is 6.45. The van der Waals surface area contributed by atoms with Gasteiger partial charge in [0.15, 0.2) is 0 Å². The molecule has 0 fully saturated rings. The van der Waals surface area contributed by atoms with Crippen LogP contribution in [0.2, 0.25) is 10.0 Å². The Bertz CT molecular complexity index is 988. The van der Waals surface area contributed by atoms with E-state index in [0.29, 0.717) is 5.02 Å². The second-order valence-electron chi connectivity index (χ2n) is 5.22. The van der Waals surface area contributed by atoms with E-state index in [0.717, 1.165) is 4.90 Å². The Balaban J connectivity index is 1.94. The van der Waals surface area contributed by atoms with E-state index in [2.05, 4.69) is 5.32 Å². The molecule has 1 N–H and O–H groups in total. The van der Waals surface area contributed by atoms with Crippen LogP contribution in [-0.4, -0.2) is 17.8 Å². The normalized spacial score (nSPS) is 14.2. The van der Waals surface area contributed by atoms with Crippen molar-refractivity contribution < 1.29 is 19.5 Å². The first-order chi connectivity index (χ1) is 12.3. The monoisotopic (exact) mass is 409 g/mol. The van der Waals surface area contributed by atoms with Crippen molar-refractivity contribution in [1.82, 2.24) is 0 Å². The third kappa shape index (κ3) is 3.26. The third-order valence-electron chi connectivity index (χ3n) is 3.55. The molecular weight excluding hydrogens is 403 g/mol. The molecule has 1 aliphatic heterocycles. The van der Waals surface area contributed by atoms with Crippen LogP contribution >= 0.6 is 34.8 Å². The number of rotatable bonds is 4. The minimum atomic E-state index is -1.38. The maximum Gasteiger partial charge on any atom is 0.283 e. The lowest BCUT2D eigenvalue weighted by Gasteiger charge is -2.16. The molecule has 0 aliphatic carbocycles. The predicted octanol–water partition coefficient (Wildman–Crippen LogP) is 2.79. The molecule has 2 amide bonds. The summed E-state index contributed by atoms with van der Waals surface area (Å²) in [5.74, 6) is -2.88. The number of carbonyl (C=O) groups is 3. The van der Waals surface area contributed by atoms with E-state index < -0.39 is 17.8 Å². The van der Waals surface area contributed by atoms with Gasteiger partial charge in [-0.3, -0.25) is 9.59 Å². The number of aromatic carboxylic acids is 1. The number of anilines is 2. The first-order valence-corrected chi connectivity index (χ1v) is 8.25. The number of imide groups is 1. The van der Waals surface area contributed by atoms with Gasteiger partial charge in [-0.2, -0.15) is 0 Å². The van der Waals surface area contributed by atoms with Crippen molar-refractivity contribution in [2.24, 2.45) is 0 Å². The van der Waals surface area contributed by atoms with Crippen LogP contribution in [0, 0.1) is 0 Å². The first-order valence-electron chi connectivity index (χ1n) is 7.11. The number of amides is 2. The molecule has 2 aromatic carbocycles. The van der Waals surface area contributed by atoms with E-state index in [-0.39, 0.29) is 32.7 Å². The number of hydrogen-bond donors (Lipinski definition) is 1. The summed E-state index contributed by atoms with van der Waals surface area (Å²) in [7, 11) is 0. The summed E-state index contributed by atoms with van der Waals surface area (Å²) in [6, 6.07) is 9.84. The number of carboxylic acids is 1. The smallest absolute Gasteiger partial charge is 0.283 e. The zero-order chi connectivity index (χ0) is 19.0. The summed E-state index contributed by atoms with van der Waals surface area (Å²) in [6.07, 6.45) is 0. The maximum absolute atomic E-state index is 12.7. The molecule has 26 heavy (non-hydrogen) atoms. The number of nitrogens with zero attached hydrogens (tertiary/aromatic N) is 1. The Morgan fingerprint density at radius 3 is 2.38 bits per heavy atom. The van der Waals surface area contributed by atoms with Crippen molar-refractivity contribution in [3.63, 3.8) is 0 Å². The molecule has 0 radical (unpaired) electrons. The van der Waals surface area contributed by atoms with E-state index in [4.69, 9.17) is 34.8 Å². The number of carbonyl (C=O) groups excluding carboxylic acids is 3. The standard InChI is InChI=1S/C17H9Cl3N2O4/c18-9-4-5-12(11(19)7-9)22-15(23)13(20)14(16(22)24)21-10-3-1-2-8(6-10)17(25)26/h1-7,21H,(H,25,26)/p-1. The topological polar surface area (TPSA) is 89.5 Å². The van der Waals surface area contributed by atoms with E-state index >= 15 is 0 Å². The fourth-order valence-electron chi connectivity index (χ4n) is 2.36. The molecule has 0 saturated heterocycles. The number of hydrogen-bond acceptors (Lipinski definition) is 5. The van der Waals surface area contributed by atoms with Gasteiger partial charge in [-0.25, -0.2) is 4.90 Å². The van der Waals surface area contributed by atoms with Crippen LogP contribution in [0.15, 0.2) is 53.2 Å². The SMILES string of the molecule is O=C([O-])c1cccc(NC2=C(Cl)C(=O)N(c3ccc(Cl)cc3Cl)C2=O)c1. The van der Waals surface area contributed by atoms with Crippen LogP contribution in [0.4, 0.5) is 11.4 Å². The second kappa shape index (κ2) is 6.99. The highest BCUT2D eigenvalue weighted by Crippen LogP contribution is 2.35. The van der Waals surface area contributed by atoms with Gasteiger partial charge in [-0.1, -0.05) is 46.9 Å². The minimum Gasteiger partial charge on any atom is -0.545 e. The van der Waals surface area contributed by atoms with Crippen LogP contribution in [0.3, 0.4) is 0 Å². The van der Waals surface area contributed by atoms with E-state index in [9.17, 15) is 19.5 Å². The molecule has 2 aromatic rings. The molecule has 0 unspecified atom stereocenters. The van der Waals surface area contributed by atoms with Crippen LogP contribution < -0.4 is 15.3 Å². The van der Waals surface area contributed by atoms with Gasteiger partial charge in [0, 0.05) is 10.7 Å². The molecule has 0 aromatic heterocycles. The van der Waals surface area contributed by atoms with Gasteiger partial charge in [-0.15, -0.1) is 0 Å². The summed E-state index contributed by atoms with van der Waals surface area (Å²) in [4.78, 5) is 36.8. The zero-order valence-electron chi connectivity index (χ0n) is 12.8. The number of benzene rings is 2. The molecule has 0 atom stereocenters. The molecule has 0 saturated carbocycles. The molecule has 132 valence electrons. The van der Waals surface area contributed by atoms with Gasteiger partial charge in [0.25, 0.3) is 11.8 Å². The summed E-state index contributed by atoms with van der Waals surface area (Å²) >= 11 is 17.9. The first kappa shape index (κ1) is 18.3. The fourth-order valence-corrected chi connectivity index (χ4v) is 3.07. The number of carboxylic acid groups (broad SMARTS) is 1. The number of nitrogens with one attached hydrogen (secondary N) is 1. The Labute approximate surface area is 162 Å². The number of halogens is 3. The Kier molecular flexibility index (Phi) is 4.91. The molecule has 9 heteroatoms. The summed E-state index contributed by atoms with van der Waals surface area (Å²) < 4.78 is 0. The van der Waals surface area contributed by atoms with E-state index in [1.165, 1.54) is 42.5 Å². The molecule has 0 bridgehead atoms. The Morgan fingerprint density at radius 1 is 1.00 bits per heavy atom. The molecule has 6 nitrogen and oxygen atoms in total. The lowest BCUT2D eigenvalue weighted by Crippen LogP contribution is -2.32. The quantitative estimate of drug-likeness (QED) is 0.783. The van der Waals surface area contributed by atoms with Gasteiger partial charge < -0.3 is 15.2 Å². The van der Waals surface area contributed by atoms with Crippen LogP contribution in [0.5, 0.6) is 0 Å². The minimum absolute atomic E-state index is 0.0962. The molecule has 1 aliphatic rings. The van der Waals surface area contributed by atoms with Crippen molar-refractivity contribution >= 4 is 64.0 Å². The maximum atomic E-state index is 12.7. The van der Waals surface area contributed by atoms with Crippen molar-refractivity contribution in [2.75, 3.05) is 10.2 Å². The van der Waals surface area contributed by atoms with Gasteiger partial charge in [-0.05, 0) is 35.9 Å². The summed E-state index contributed by atoms with van der Waals surface area (Å²) in [5.41, 5.74) is 0.0915. The van der Waals surface area contributed by atoms with Crippen molar-refractivity contribution in [3.05, 3.63) is 68.8 Å². The molecule has 3 rings (SSSR count). The highest BCUT2D eigenvalue weighted by atomic mass is 35.5. The molecular formula is C17H8Cl3N2O4-. The highest BCUT2D eigenvalue weighted by molar-refractivity contribution is 6.53. The third-order valence-corrected chi connectivity index (χ3v) is 4.43. The van der Waals surface area contributed by atoms with Crippen LogP contribution in [0.25, 0.3) is 0 Å². The largest absolute Gasteiger partial charge is 0.545 e. The lowest BCUT2D eigenvalue weighted by molar-refractivity contribution is -0.255. The highest BCUT2D eigenvalue weighted by Gasteiger charge is 2.39. The fraction of sp³-hybridized carbons (Fsp3) is 0. The average Bonchev–Trinajstić information content (AvgIpc) is 2.79. The van der Waals surface area contributed by atoms with Gasteiger partial charge >= 0.3 is 0 Å². The average molecular weight is 411 g/mol. The van der Waals surface area contributed by atoms with Crippen LogP contribution in [-0.2, 0) is 9.59 Å². The Morgan fingerprint density at radius 2 is 1.73 bits per heavy atom. The summed E-state index contributed by atoms with van der Waals surface area (Å²) in [5, 5.41) is 13.7. The molecule has 0 spiro atoms. The van der Waals surface area contributed by atoms with Crippen molar-refractivity contribution in [2.45, 2.75) is 0 Å². The predicted molar refractivity (Wildman–Crippen MR) is 96.2 cm³/mol.